The lowest BCUT2D eigenvalue weighted by Crippen LogP contribution is -2.03. The Morgan fingerprint density at radius 3 is 2.22 bits per heavy atom. The summed E-state index contributed by atoms with van der Waals surface area (Å²) in [6.07, 6.45) is 0. The molecule has 23 heavy (non-hydrogen) atoms. The number of aryl methyl sites for hydroxylation is 1. The van der Waals surface area contributed by atoms with E-state index in [9.17, 15) is 0 Å². The molecule has 0 saturated heterocycles. The van der Waals surface area contributed by atoms with E-state index in [1.807, 2.05) is 43.3 Å². The molecule has 1 heterocycles. The number of para-hydroxylation sites is 2. The average Bonchev–Trinajstić information content (AvgIpc) is 2.51. The van der Waals surface area contributed by atoms with Crippen LogP contribution < -0.4 is 10.6 Å². The third-order valence-corrected chi connectivity index (χ3v) is 3.73. The molecule has 0 bridgehead atoms. The molecule has 0 spiro atoms. The number of rotatable bonds is 4. The van der Waals surface area contributed by atoms with Crippen LogP contribution in [0.4, 0.5) is 23.1 Å². The molecule has 0 unspecified atom stereocenters. The zero-order chi connectivity index (χ0) is 16.2. The third kappa shape index (κ3) is 3.92. The Morgan fingerprint density at radius 1 is 0.826 bits per heavy atom. The van der Waals surface area contributed by atoms with Gasteiger partial charge in [-0.15, -0.1) is 0 Å². The number of halogens is 2. The van der Waals surface area contributed by atoms with Crippen molar-refractivity contribution in [2.75, 3.05) is 10.6 Å². The minimum absolute atomic E-state index is 0.429. The summed E-state index contributed by atoms with van der Waals surface area (Å²) in [6, 6.07) is 17.0. The summed E-state index contributed by atoms with van der Waals surface area (Å²) in [5.41, 5.74) is 2.36. The zero-order valence-electron chi connectivity index (χ0n) is 12.3. The van der Waals surface area contributed by atoms with Gasteiger partial charge in [0.05, 0.1) is 15.7 Å². The van der Waals surface area contributed by atoms with Crippen molar-refractivity contribution in [2.24, 2.45) is 0 Å². The molecule has 2 N–H and O–H groups in total. The van der Waals surface area contributed by atoms with Crippen LogP contribution in [0.3, 0.4) is 0 Å². The molecule has 116 valence electrons. The summed E-state index contributed by atoms with van der Waals surface area (Å²) < 4.78 is 0. The van der Waals surface area contributed by atoms with E-state index >= 15 is 0 Å². The molecular formula is C17H14Cl2N4. The van der Waals surface area contributed by atoms with Gasteiger partial charge in [0.1, 0.15) is 5.82 Å². The van der Waals surface area contributed by atoms with Crippen molar-refractivity contribution in [1.82, 2.24) is 9.97 Å². The maximum Gasteiger partial charge on any atom is 0.229 e. The summed E-state index contributed by atoms with van der Waals surface area (Å²) in [4.78, 5) is 8.83. The highest BCUT2D eigenvalue weighted by Gasteiger charge is 2.09. The van der Waals surface area contributed by atoms with Gasteiger partial charge < -0.3 is 10.6 Å². The molecule has 1 aromatic heterocycles. The van der Waals surface area contributed by atoms with Crippen LogP contribution in [0, 0.1) is 6.92 Å². The molecule has 4 nitrogen and oxygen atoms in total. The minimum Gasteiger partial charge on any atom is -0.340 e. The summed E-state index contributed by atoms with van der Waals surface area (Å²) >= 11 is 12.3. The monoisotopic (exact) mass is 344 g/mol. The lowest BCUT2D eigenvalue weighted by Gasteiger charge is -2.12. The van der Waals surface area contributed by atoms with Crippen LogP contribution in [0.1, 0.15) is 5.69 Å². The average molecular weight is 345 g/mol. The van der Waals surface area contributed by atoms with E-state index in [4.69, 9.17) is 23.2 Å². The molecule has 2 aromatic carbocycles. The molecule has 0 atom stereocenters. The lowest BCUT2D eigenvalue weighted by molar-refractivity contribution is 1.11. The first-order chi connectivity index (χ1) is 11.1. The summed E-state index contributed by atoms with van der Waals surface area (Å²) in [7, 11) is 0. The van der Waals surface area contributed by atoms with E-state index in [1.54, 1.807) is 18.2 Å². The van der Waals surface area contributed by atoms with Crippen molar-refractivity contribution < 1.29 is 0 Å². The predicted molar refractivity (Wildman–Crippen MR) is 96.2 cm³/mol. The highest BCUT2D eigenvalue weighted by atomic mass is 35.5. The first kappa shape index (κ1) is 15.6. The molecule has 6 heteroatoms. The van der Waals surface area contributed by atoms with Crippen molar-refractivity contribution in [3.05, 3.63) is 70.3 Å². The molecule has 0 fully saturated rings. The first-order valence-corrected chi connectivity index (χ1v) is 7.76. The third-order valence-electron chi connectivity index (χ3n) is 3.10. The summed E-state index contributed by atoms with van der Waals surface area (Å²) in [6.45, 7) is 1.90. The van der Waals surface area contributed by atoms with Gasteiger partial charge in [-0.2, -0.15) is 4.98 Å². The quantitative estimate of drug-likeness (QED) is 0.648. The van der Waals surface area contributed by atoms with Gasteiger partial charge >= 0.3 is 0 Å². The molecule has 0 aliphatic rings. The van der Waals surface area contributed by atoms with Crippen LogP contribution in [-0.2, 0) is 0 Å². The van der Waals surface area contributed by atoms with Crippen molar-refractivity contribution in [1.29, 1.82) is 0 Å². The molecule has 0 amide bonds. The number of nitrogens with one attached hydrogen (secondary N) is 2. The fourth-order valence-corrected chi connectivity index (χ4v) is 2.58. The van der Waals surface area contributed by atoms with Crippen LogP contribution in [0.2, 0.25) is 10.0 Å². The molecule has 0 aliphatic carbocycles. The van der Waals surface area contributed by atoms with Crippen LogP contribution in [0.25, 0.3) is 0 Å². The SMILES string of the molecule is Cc1cc(Nc2ccccc2)nc(Nc2c(Cl)cccc2Cl)n1. The molecule has 3 rings (SSSR count). The molecule has 0 aliphatic heterocycles. The Morgan fingerprint density at radius 2 is 1.52 bits per heavy atom. The lowest BCUT2D eigenvalue weighted by atomic mass is 10.3. The van der Waals surface area contributed by atoms with Crippen molar-refractivity contribution in [2.45, 2.75) is 6.92 Å². The van der Waals surface area contributed by atoms with E-state index in [1.165, 1.54) is 0 Å². The van der Waals surface area contributed by atoms with E-state index in [0.29, 0.717) is 27.5 Å². The largest absolute Gasteiger partial charge is 0.340 e. The number of aromatic nitrogens is 2. The fraction of sp³-hybridized carbons (Fsp3) is 0.0588. The Balaban J connectivity index is 1.89. The fourth-order valence-electron chi connectivity index (χ4n) is 2.09. The van der Waals surface area contributed by atoms with Gasteiger partial charge in [-0.3, -0.25) is 0 Å². The standard InChI is InChI=1S/C17H14Cl2N4/c1-11-10-15(21-12-6-3-2-4-7-12)22-17(20-11)23-16-13(18)8-5-9-14(16)19/h2-10H,1H3,(H2,20,21,22,23). The Bertz CT molecular complexity index is 802. The summed E-state index contributed by atoms with van der Waals surface area (Å²) in [5.74, 6) is 1.12. The molecule has 0 radical (unpaired) electrons. The zero-order valence-corrected chi connectivity index (χ0v) is 13.9. The normalized spacial score (nSPS) is 10.4. The van der Waals surface area contributed by atoms with Gasteiger partial charge in [0.15, 0.2) is 0 Å². The van der Waals surface area contributed by atoms with Crippen LogP contribution in [-0.4, -0.2) is 9.97 Å². The smallest absolute Gasteiger partial charge is 0.229 e. The maximum atomic E-state index is 6.17. The topological polar surface area (TPSA) is 49.8 Å². The first-order valence-electron chi connectivity index (χ1n) is 7.00. The number of benzene rings is 2. The van der Waals surface area contributed by atoms with Gasteiger partial charge in [-0.25, -0.2) is 4.98 Å². The minimum atomic E-state index is 0.429. The number of nitrogens with zero attached hydrogens (tertiary/aromatic N) is 2. The van der Waals surface area contributed by atoms with Crippen LogP contribution in [0.5, 0.6) is 0 Å². The van der Waals surface area contributed by atoms with E-state index < -0.39 is 0 Å². The van der Waals surface area contributed by atoms with Gasteiger partial charge in [-0.1, -0.05) is 47.5 Å². The second-order valence-electron chi connectivity index (χ2n) is 4.93. The summed E-state index contributed by atoms with van der Waals surface area (Å²) in [5, 5.41) is 7.35. The highest BCUT2D eigenvalue weighted by molar-refractivity contribution is 6.39. The van der Waals surface area contributed by atoms with Crippen LogP contribution >= 0.6 is 23.2 Å². The second-order valence-corrected chi connectivity index (χ2v) is 5.75. The number of hydrogen-bond acceptors (Lipinski definition) is 4. The van der Waals surface area contributed by atoms with E-state index in [2.05, 4.69) is 20.6 Å². The van der Waals surface area contributed by atoms with Gasteiger partial charge in [0.2, 0.25) is 5.95 Å². The van der Waals surface area contributed by atoms with E-state index in [0.717, 1.165) is 11.4 Å². The van der Waals surface area contributed by atoms with Gasteiger partial charge in [0, 0.05) is 17.4 Å². The van der Waals surface area contributed by atoms with Crippen molar-refractivity contribution in [3.8, 4) is 0 Å². The Kier molecular flexibility index (Phi) is 4.65. The second kappa shape index (κ2) is 6.86. The van der Waals surface area contributed by atoms with Crippen molar-refractivity contribution >= 4 is 46.3 Å². The molecule has 0 saturated carbocycles. The molecule has 3 aromatic rings. The number of hydrogen-bond donors (Lipinski definition) is 2. The predicted octanol–water partition coefficient (Wildman–Crippen LogP) is 5.58. The van der Waals surface area contributed by atoms with Crippen LogP contribution in [0.15, 0.2) is 54.6 Å². The highest BCUT2D eigenvalue weighted by Crippen LogP contribution is 2.32. The van der Waals surface area contributed by atoms with Gasteiger partial charge in [-0.05, 0) is 31.2 Å². The molecular weight excluding hydrogens is 331 g/mol. The number of anilines is 4. The van der Waals surface area contributed by atoms with E-state index in [-0.39, 0.29) is 0 Å². The Labute approximate surface area is 144 Å². The Hall–Kier alpha value is -2.30. The maximum absolute atomic E-state index is 6.17. The van der Waals surface area contributed by atoms with Crippen molar-refractivity contribution in [3.63, 3.8) is 0 Å². The van der Waals surface area contributed by atoms with Gasteiger partial charge in [0.25, 0.3) is 0 Å².